The summed E-state index contributed by atoms with van der Waals surface area (Å²) in [5, 5.41) is 0. The summed E-state index contributed by atoms with van der Waals surface area (Å²) in [5.74, 6) is 0. The van der Waals surface area contributed by atoms with Crippen LogP contribution in [0.1, 0.15) is 22.3 Å². The van der Waals surface area contributed by atoms with E-state index >= 15 is 0 Å². The van der Waals surface area contributed by atoms with Crippen LogP contribution in [0.15, 0.2) is 97.1 Å². The second kappa shape index (κ2) is 13.0. The summed E-state index contributed by atoms with van der Waals surface area (Å²) >= 11 is 0. The zero-order valence-corrected chi connectivity index (χ0v) is 25.4. The molecule has 5 nitrogen and oxygen atoms in total. The molecule has 0 fully saturated rings. The number of nitrogens with zero attached hydrogens (tertiary/aromatic N) is 4. The lowest BCUT2D eigenvalue weighted by molar-refractivity contribution is 0.290. The summed E-state index contributed by atoms with van der Waals surface area (Å²) in [4.78, 5) is 6.58. The van der Waals surface area contributed by atoms with Crippen molar-refractivity contribution in [2.45, 2.75) is 12.8 Å². The first-order chi connectivity index (χ1) is 19.1. The fraction of sp³-hybridized carbons (Fsp3) is 0.314. The monoisotopic (exact) mass is 536 g/mol. The highest BCUT2D eigenvalue weighted by Crippen LogP contribution is 2.21. The minimum absolute atomic E-state index is 0.636. The quantitative estimate of drug-likeness (QED) is 0.172. The fourth-order valence-electron chi connectivity index (χ4n) is 4.87. The molecule has 0 aliphatic heterocycles. The van der Waals surface area contributed by atoms with E-state index in [0.29, 0.717) is 4.59 Å². The fourth-order valence-corrected chi connectivity index (χ4v) is 4.87. The third-order valence-electron chi connectivity index (χ3n) is 7.64. The molecule has 0 saturated heterocycles. The standard InChI is InChI=1S/C35H46N5/c1-37(2)32-16-8-28(9-17-32)26-30-12-20-34(21-13-30)39(5)25-24-36-40(6,7)35-22-14-31(15-23-35)27-29-10-18-33(19-11-29)38(3)4/h8-23,36H,24-27H2,1-7H3/q+1. The number of anilines is 3. The molecule has 0 aliphatic carbocycles. The van der Waals surface area contributed by atoms with E-state index < -0.39 is 0 Å². The largest absolute Gasteiger partial charge is 0.378 e. The molecule has 0 heterocycles. The van der Waals surface area contributed by atoms with Crippen LogP contribution in [0.25, 0.3) is 0 Å². The van der Waals surface area contributed by atoms with Gasteiger partial charge >= 0.3 is 0 Å². The summed E-state index contributed by atoms with van der Waals surface area (Å²) in [6.45, 7) is 1.80. The van der Waals surface area contributed by atoms with Gasteiger partial charge in [-0.3, -0.25) is 0 Å². The molecule has 0 aliphatic rings. The number of hydrogen-bond donors (Lipinski definition) is 1. The molecule has 5 heteroatoms. The van der Waals surface area contributed by atoms with E-state index in [-0.39, 0.29) is 0 Å². The smallest absolute Gasteiger partial charge is 0.151 e. The van der Waals surface area contributed by atoms with Crippen LogP contribution in [-0.4, -0.2) is 62.4 Å². The van der Waals surface area contributed by atoms with E-state index in [4.69, 9.17) is 0 Å². The molecule has 1 N–H and O–H groups in total. The van der Waals surface area contributed by atoms with Gasteiger partial charge in [0, 0.05) is 71.0 Å². The number of rotatable bonds is 12. The molecular formula is C35H46N5+. The van der Waals surface area contributed by atoms with Gasteiger partial charge in [0.2, 0.25) is 0 Å². The molecule has 4 aromatic carbocycles. The van der Waals surface area contributed by atoms with E-state index in [9.17, 15) is 0 Å². The van der Waals surface area contributed by atoms with E-state index in [1.807, 2.05) is 0 Å². The molecule has 4 aromatic rings. The average Bonchev–Trinajstić information content (AvgIpc) is 2.94. The molecule has 0 atom stereocenters. The molecule has 0 bridgehead atoms. The van der Waals surface area contributed by atoms with Crippen molar-refractivity contribution >= 4 is 22.7 Å². The van der Waals surface area contributed by atoms with Crippen molar-refractivity contribution in [2.75, 3.05) is 77.1 Å². The minimum atomic E-state index is 0.636. The van der Waals surface area contributed by atoms with Gasteiger partial charge < -0.3 is 14.7 Å². The Labute approximate surface area is 241 Å². The Kier molecular flexibility index (Phi) is 9.51. The first kappa shape index (κ1) is 29.2. The van der Waals surface area contributed by atoms with E-state index in [1.54, 1.807) is 0 Å². The minimum Gasteiger partial charge on any atom is -0.378 e. The van der Waals surface area contributed by atoms with Gasteiger partial charge in [-0.2, -0.15) is 5.43 Å². The van der Waals surface area contributed by atoms with Gasteiger partial charge in [0.05, 0.1) is 20.6 Å². The number of hydrogen-bond acceptors (Lipinski definition) is 4. The molecule has 210 valence electrons. The third-order valence-corrected chi connectivity index (χ3v) is 7.64. The van der Waals surface area contributed by atoms with Crippen LogP contribution in [0, 0.1) is 0 Å². The van der Waals surface area contributed by atoms with Crippen LogP contribution >= 0.6 is 0 Å². The molecule has 0 saturated carbocycles. The van der Waals surface area contributed by atoms with Gasteiger partial charge in [0.25, 0.3) is 0 Å². The molecule has 0 unspecified atom stereocenters. The van der Waals surface area contributed by atoms with Gasteiger partial charge in [-0.1, -0.05) is 48.5 Å². The predicted octanol–water partition coefficient (Wildman–Crippen LogP) is 6.21. The lowest BCUT2D eigenvalue weighted by Gasteiger charge is -2.30. The maximum absolute atomic E-state index is 3.71. The van der Waals surface area contributed by atoms with Crippen molar-refractivity contribution in [3.63, 3.8) is 0 Å². The van der Waals surface area contributed by atoms with Gasteiger partial charge in [-0.15, -0.1) is 0 Å². The van der Waals surface area contributed by atoms with Crippen LogP contribution < -0.4 is 24.7 Å². The number of benzene rings is 4. The lowest BCUT2D eigenvalue weighted by Crippen LogP contribution is -2.54. The highest BCUT2D eigenvalue weighted by atomic mass is 15.6. The normalized spacial score (nSPS) is 11.4. The summed E-state index contributed by atoms with van der Waals surface area (Å²) in [6, 6.07) is 35.6. The molecular weight excluding hydrogens is 490 g/mol. The van der Waals surface area contributed by atoms with Crippen LogP contribution in [0.3, 0.4) is 0 Å². The summed E-state index contributed by atoms with van der Waals surface area (Å²) in [6.07, 6.45) is 1.90. The highest BCUT2D eigenvalue weighted by molar-refractivity contribution is 5.50. The van der Waals surface area contributed by atoms with Gasteiger partial charge in [0.1, 0.15) is 0 Å². The van der Waals surface area contributed by atoms with Crippen LogP contribution in [0.2, 0.25) is 0 Å². The zero-order valence-electron chi connectivity index (χ0n) is 25.4. The Hall–Kier alpha value is -3.80. The summed E-state index contributed by atoms with van der Waals surface area (Å²) in [7, 11) is 14.9. The Balaban J connectivity index is 1.25. The number of nitrogens with one attached hydrogen (secondary N) is 1. The molecule has 0 radical (unpaired) electrons. The van der Waals surface area contributed by atoms with Crippen molar-refractivity contribution in [1.29, 1.82) is 0 Å². The number of likely N-dealkylation sites (N-methyl/N-ethyl adjacent to an activating group) is 1. The Morgan fingerprint density at radius 2 is 0.850 bits per heavy atom. The maximum atomic E-state index is 3.71. The van der Waals surface area contributed by atoms with Gasteiger partial charge in [-0.05, 0) is 71.5 Å². The first-order valence-electron chi connectivity index (χ1n) is 14.1. The van der Waals surface area contributed by atoms with Crippen molar-refractivity contribution in [2.24, 2.45) is 0 Å². The Bertz CT molecular complexity index is 1320. The van der Waals surface area contributed by atoms with Gasteiger partial charge in [0.15, 0.2) is 5.69 Å². The van der Waals surface area contributed by atoms with Crippen LogP contribution in [0.5, 0.6) is 0 Å². The summed E-state index contributed by atoms with van der Waals surface area (Å²) in [5.41, 5.74) is 14.0. The molecule has 0 amide bonds. The first-order valence-corrected chi connectivity index (χ1v) is 14.1. The topological polar surface area (TPSA) is 21.8 Å². The second-order valence-electron chi connectivity index (χ2n) is 11.6. The average molecular weight is 537 g/mol. The molecule has 40 heavy (non-hydrogen) atoms. The molecule has 0 aromatic heterocycles. The Morgan fingerprint density at radius 1 is 0.500 bits per heavy atom. The van der Waals surface area contributed by atoms with Crippen molar-refractivity contribution < 1.29 is 0 Å². The lowest BCUT2D eigenvalue weighted by atomic mass is 10.0. The second-order valence-corrected chi connectivity index (χ2v) is 11.6. The van der Waals surface area contributed by atoms with E-state index in [0.717, 1.165) is 25.9 Å². The van der Waals surface area contributed by atoms with Crippen LogP contribution in [-0.2, 0) is 12.8 Å². The predicted molar refractivity (Wildman–Crippen MR) is 175 cm³/mol. The Morgan fingerprint density at radius 3 is 1.23 bits per heavy atom. The van der Waals surface area contributed by atoms with E-state index in [2.05, 4.69) is 167 Å². The van der Waals surface area contributed by atoms with Crippen LogP contribution in [0.4, 0.5) is 22.7 Å². The van der Waals surface area contributed by atoms with Gasteiger partial charge in [-0.25, -0.2) is 4.59 Å². The molecule has 4 rings (SSSR count). The third kappa shape index (κ3) is 7.87. The number of quaternary nitrogens is 1. The van der Waals surface area contributed by atoms with E-state index in [1.165, 1.54) is 45.0 Å². The molecule has 0 spiro atoms. The van der Waals surface area contributed by atoms with Crippen molar-refractivity contribution in [1.82, 2.24) is 10.0 Å². The SMILES string of the molecule is CN(C)c1ccc(Cc2ccc(N(C)CCN[N+](C)(C)c3ccc(Cc4ccc(N(C)C)cc4)cc3)cc2)cc1. The highest BCUT2D eigenvalue weighted by Gasteiger charge is 2.19. The summed E-state index contributed by atoms with van der Waals surface area (Å²) < 4.78 is 0.636. The maximum Gasteiger partial charge on any atom is 0.151 e. The van der Waals surface area contributed by atoms with Crippen molar-refractivity contribution in [3.05, 3.63) is 119 Å². The van der Waals surface area contributed by atoms with Crippen molar-refractivity contribution in [3.8, 4) is 0 Å². The zero-order chi connectivity index (χ0) is 28.7.